The fourth-order valence-electron chi connectivity index (χ4n) is 5.52. The first-order chi connectivity index (χ1) is 22.9. The van der Waals surface area contributed by atoms with Gasteiger partial charge in [0.15, 0.2) is 5.78 Å². The summed E-state index contributed by atoms with van der Waals surface area (Å²) in [6.07, 6.45) is 4.58. The Bertz CT molecular complexity index is 1990. The van der Waals surface area contributed by atoms with Crippen LogP contribution in [0, 0.1) is 0 Å². The van der Waals surface area contributed by atoms with Crippen LogP contribution >= 0.6 is 0 Å². The van der Waals surface area contributed by atoms with Gasteiger partial charge in [-0.2, -0.15) is 4.98 Å². The number of nitrogens with zero attached hydrogens (tertiary/aromatic N) is 5. The number of likely N-dealkylation sites (tertiary alicyclic amines) is 1. The predicted octanol–water partition coefficient (Wildman–Crippen LogP) is 2.62. The molecule has 0 amide bonds. The number of anilines is 3. The van der Waals surface area contributed by atoms with Crippen molar-refractivity contribution in [1.82, 2.24) is 24.3 Å². The van der Waals surface area contributed by atoms with Crippen molar-refractivity contribution in [3.8, 4) is 0 Å². The molecule has 0 aliphatic carbocycles. The Morgan fingerprint density at radius 1 is 1.08 bits per heavy atom. The van der Waals surface area contributed by atoms with Gasteiger partial charge in [0.1, 0.15) is 5.65 Å². The predicted molar refractivity (Wildman–Crippen MR) is 187 cm³/mol. The van der Waals surface area contributed by atoms with Crippen molar-refractivity contribution in [2.24, 2.45) is 5.73 Å². The Morgan fingerprint density at radius 3 is 2.46 bits per heavy atom. The molecule has 1 fully saturated rings. The maximum Gasteiger partial charge on any atom is 0.275 e. The first kappa shape index (κ1) is 34.4. The van der Waals surface area contributed by atoms with E-state index in [1.54, 1.807) is 49.3 Å². The number of aromatic nitrogens is 3. The van der Waals surface area contributed by atoms with E-state index in [4.69, 9.17) is 5.73 Å². The summed E-state index contributed by atoms with van der Waals surface area (Å²) < 4.78 is 26.9. The second-order valence-electron chi connectivity index (χ2n) is 12.2. The highest BCUT2D eigenvalue weighted by molar-refractivity contribution is 8.06. The van der Waals surface area contributed by atoms with Gasteiger partial charge in [0.25, 0.3) is 10.7 Å². The van der Waals surface area contributed by atoms with Crippen molar-refractivity contribution < 1.29 is 18.0 Å². The van der Waals surface area contributed by atoms with E-state index in [-0.39, 0.29) is 34.8 Å². The van der Waals surface area contributed by atoms with E-state index in [9.17, 15) is 22.8 Å². The molecule has 48 heavy (non-hydrogen) atoms. The fraction of sp³-hybridized carbons (Fsp3) is 0.324. The summed E-state index contributed by atoms with van der Waals surface area (Å²) in [5.41, 5.74) is 6.53. The minimum Gasteiger partial charge on any atom is -0.404 e. The molecule has 1 saturated heterocycles. The van der Waals surface area contributed by atoms with Crippen molar-refractivity contribution in [2.75, 3.05) is 57.2 Å². The Hall–Kier alpha value is -4.92. The monoisotopic (exact) mass is 672 g/mol. The Balaban J connectivity index is 1.49. The smallest absolute Gasteiger partial charge is 0.275 e. The van der Waals surface area contributed by atoms with Crippen LogP contribution in [0.15, 0.2) is 83.4 Å². The quantitative estimate of drug-likeness (QED) is 0.149. The van der Waals surface area contributed by atoms with Crippen LogP contribution in [0.4, 0.5) is 17.3 Å². The van der Waals surface area contributed by atoms with Crippen LogP contribution in [-0.2, 0) is 21.2 Å². The molecule has 2 aromatic heterocycles. The van der Waals surface area contributed by atoms with Gasteiger partial charge in [0.05, 0.1) is 17.9 Å². The molecule has 4 N–H and O–H groups in total. The summed E-state index contributed by atoms with van der Waals surface area (Å²) in [6, 6.07) is 17.7. The Kier molecular flexibility index (Phi) is 10.7. The molecule has 14 heteroatoms. The maximum absolute atomic E-state index is 13.9. The average Bonchev–Trinajstić information content (AvgIpc) is 3.07. The molecular formula is C34H40N8O5S. The third kappa shape index (κ3) is 8.13. The maximum atomic E-state index is 13.9. The van der Waals surface area contributed by atoms with Crippen molar-refractivity contribution >= 4 is 49.1 Å². The van der Waals surface area contributed by atoms with Crippen molar-refractivity contribution in [1.29, 1.82) is 0 Å². The molecular weight excluding hydrogens is 632 g/mol. The molecule has 252 valence electrons. The van der Waals surface area contributed by atoms with E-state index in [2.05, 4.69) is 32.5 Å². The largest absolute Gasteiger partial charge is 0.404 e. The number of ketones is 1. The van der Waals surface area contributed by atoms with Crippen LogP contribution in [-0.4, -0.2) is 96.2 Å². The second kappa shape index (κ2) is 14.9. The molecule has 3 heterocycles. The minimum absolute atomic E-state index is 0.0830. The third-order valence-electron chi connectivity index (χ3n) is 8.13. The zero-order valence-electron chi connectivity index (χ0n) is 27.2. The molecule has 0 spiro atoms. The summed E-state index contributed by atoms with van der Waals surface area (Å²) in [4.78, 5) is 53.5. The van der Waals surface area contributed by atoms with E-state index in [0.717, 1.165) is 42.4 Å². The van der Waals surface area contributed by atoms with Gasteiger partial charge in [0.2, 0.25) is 15.8 Å². The standard InChI is InChI=1S/C34H40N8O5S/c1-40(2)16-17-48(46,47)33(45)25(19-35)21-42-31-24(18-29(32(42)44)30(43)23-8-5-4-6-9-23)20-36-34(39-31)38-27-13-11-26(12-14-27)37-28-10-7-15-41(3)22-28/h4-6,8-9,11-14,18-20,28,37H,7,10,15-17,21-22,35H2,1-3H3,(H,36,38,39). The summed E-state index contributed by atoms with van der Waals surface area (Å²) in [6.45, 7) is 1.66. The van der Waals surface area contributed by atoms with Gasteiger partial charge in [-0.05, 0) is 70.9 Å². The van der Waals surface area contributed by atoms with Crippen molar-refractivity contribution in [3.05, 3.63) is 100 Å². The lowest BCUT2D eigenvalue weighted by Crippen LogP contribution is -2.39. The SMILES string of the molecule is CN(C)CCS(=O)(=O)C(=O)C(=CN)Cn1c(=O)c(C(=O)c2ccccc2)cc2cnc(Nc3ccc(NC4CCCN(C)C4)cc3)nc21. The topological polar surface area (TPSA) is 173 Å². The molecule has 4 aromatic rings. The summed E-state index contributed by atoms with van der Waals surface area (Å²) in [5.74, 6) is -0.827. The number of rotatable bonds is 12. The van der Waals surface area contributed by atoms with Gasteiger partial charge in [-0.1, -0.05) is 30.3 Å². The number of hydrogen-bond acceptors (Lipinski definition) is 12. The zero-order chi connectivity index (χ0) is 34.4. The van der Waals surface area contributed by atoms with Gasteiger partial charge >= 0.3 is 0 Å². The van der Waals surface area contributed by atoms with Crippen LogP contribution in [0.3, 0.4) is 0 Å². The molecule has 1 aliphatic rings. The Morgan fingerprint density at radius 2 is 1.79 bits per heavy atom. The van der Waals surface area contributed by atoms with Gasteiger partial charge in [-0.15, -0.1) is 0 Å². The molecule has 13 nitrogen and oxygen atoms in total. The number of carbonyl (C=O) groups excluding carboxylic acids is 2. The number of nitrogens with two attached hydrogens (primary N) is 1. The number of nitrogens with one attached hydrogen (secondary N) is 2. The normalized spacial score (nSPS) is 15.8. The first-order valence-electron chi connectivity index (χ1n) is 15.6. The van der Waals surface area contributed by atoms with Crippen LogP contribution in [0.1, 0.15) is 28.8 Å². The number of piperidine rings is 1. The first-order valence-corrected chi connectivity index (χ1v) is 17.3. The Labute approximate surface area is 279 Å². The van der Waals surface area contributed by atoms with Crippen LogP contribution < -0.4 is 21.9 Å². The zero-order valence-corrected chi connectivity index (χ0v) is 28.0. The van der Waals surface area contributed by atoms with E-state index < -0.39 is 38.6 Å². The number of hydrogen-bond donors (Lipinski definition) is 3. The molecule has 1 aliphatic heterocycles. The lowest BCUT2D eigenvalue weighted by Gasteiger charge is -2.30. The van der Waals surface area contributed by atoms with E-state index >= 15 is 0 Å². The van der Waals surface area contributed by atoms with Crippen molar-refractivity contribution in [2.45, 2.75) is 25.4 Å². The lowest BCUT2D eigenvalue weighted by molar-refractivity contribution is -0.108. The van der Waals surface area contributed by atoms with Gasteiger partial charge < -0.3 is 26.2 Å². The number of carbonyl (C=O) groups is 2. The van der Waals surface area contributed by atoms with Gasteiger partial charge in [-0.3, -0.25) is 19.0 Å². The fourth-order valence-corrected chi connectivity index (χ4v) is 6.85. The molecule has 0 saturated carbocycles. The van der Waals surface area contributed by atoms with E-state index in [1.807, 2.05) is 24.3 Å². The number of sulfone groups is 1. The number of likely N-dealkylation sites (N-methyl/N-ethyl adjacent to an activating group) is 1. The summed E-state index contributed by atoms with van der Waals surface area (Å²) in [7, 11) is 1.24. The molecule has 2 aromatic carbocycles. The second-order valence-corrected chi connectivity index (χ2v) is 14.2. The highest BCUT2D eigenvalue weighted by Crippen LogP contribution is 2.22. The summed E-state index contributed by atoms with van der Waals surface area (Å²) in [5, 5.41) is 5.83. The number of pyridine rings is 1. The number of fused-ring (bicyclic) bond motifs is 1. The van der Waals surface area contributed by atoms with E-state index in [0.29, 0.717) is 17.1 Å². The molecule has 1 unspecified atom stereocenters. The van der Waals surface area contributed by atoms with Crippen LogP contribution in [0.2, 0.25) is 0 Å². The molecule has 5 rings (SSSR count). The molecule has 0 radical (unpaired) electrons. The lowest BCUT2D eigenvalue weighted by atomic mass is 10.0. The highest BCUT2D eigenvalue weighted by atomic mass is 32.2. The number of benzene rings is 2. The minimum atomic E-state index is -4.25. The third-order valence-corrected chi connectivity index (χ3v) is 9.67. The van der Waals surface area contributed by atoms with Gasteiger partial charge in [-0.25, -0.2) is 13.4 Å². The van der Waals surface area contributed by atoms with Gasteiger partial charge in [0, 0.05) is 59.4 Å². The highest BCUT2D eigenvalue weighted by Gasteiger charge is 2.28. The molecule has 0 bridgehead atoms. The van der Waals surface area contributed by atoms with Crippen molar-refractivity contribution in [3.63, 3.8) is 0 Å². The molecule has 1 atom stereocenters. The summed E-state index contributed by atoms with van der Waals surface area (Å²) >= 11 is 0. The van der Waals surface area contributed by atoms with Crippen LogP contribution in [0.25, 0.3) is 11.0 Å². The average molecular weight is 673 g/mol. The van der Waals surface area contributed by atoms with E-state index in [1.165, 1.54) is 12.3 Å². The van der Waals surface area contributed by atoms with Crippen LogP contribution in [0.5, 0.6) is 0 Å².